The van der Waals surface area contributed by atoms with Crippen LogP contribution in [0, 0.1) is 5.92 Å². The van der Waals surface area contributed by atoms with Crippen LogP contribution in [0.5, 0.6) is 0 Å². The number of fused-ring (bicyclic) bond motifs is 1. The summed E-state index contributed by atoms with van der Waals surface area (Å²) in [5, 5.41) is 2.83. The van der Waals surface area contributed by atoms with Gasteiger partial charge in [-0.1, -0.05) is 30.3 Å². The van der Waals surface area contributed by atoms with Gasteiger partial charge in [0.25, 0.3) is 0 Å². The fraction of sp³-hybridized carbons (Fsp3) is 0.276. The average Bonchev–Trinajstić information content (AvgIpc) is 3.58. The van der Waals surface area contributed by atoms with E-state index in [2.05, 4.69) is 15.3 Å². The van der Waals surface area contributed by atoms with E-state index < -0.39 is 15.9 Å². The molecule has 2 amide bonds. The first kappa shape index (κ1) is 25.3. The lowest BCUT2D eigenvalue weighted by Gasteiger charge is -2.30. The molecule has 2 aliphatic heterocycles. The lowest BCUT2D eigenvalue weighted by Crippen LogP contribution is -2.38. The molecule has 4 aromatic rings. The number of benzene rings is 3. The molecule has 200 valence electrons. The molecule has 0 aliphatic carbocycles. The number of carbonyl (C=O) groups is 2. The quantitative estimate of drug-likeness (QED) is 0.380. The second-order valence-electron chi connectivity index (χ2n) is 10.1. The first-order valence-corrected chi connectivity index (χ1v) is 14.5. The van der Waals surface area contributed by atoms with E-state index in [4.69, 9.17) is 0 Å². The second kappa shape index (κ2) is 10.3. The van der Waals surface area contributed by atoms with Crippen molar-refractivity contribution in [2.45, 2.75) is 30.1 Å². The number of imidazole rings is 1. The summed E-state index contributed by atoms with van der Waals surface area (Å²) < 4.78 is 28.1. The molecular formula is C29H29N5O4S. The van der Waals surface area contributed by atoms with Crippen LogP contribution >= 0.6 is 0 Å². The molecule has 10 heteroatoms. The van der Waals surface area contributed by atoms with Gasteiger partial charge in [0.2, 0.25) is 21.8 Å². The number of sulfonamides is 1. The number of anilines is 2. The number of amides is 2. The van der Waals surface area contributed by atoms with Crippen LogP contribution in [0.25, 0.3) is 11.0 Å². The molecule has 1 unspecified atom stereocenters. The molecule has 39 heavy (non-hydrogen) atoms. The Hall–Kier alpha value is -4.02. The minimum absolute atomic E-state index is 0.0908. The number of nitrogens with zero attached hydrogens (tertiary/aromatic N) is 3. The van der Waals surface area contributed by atoms with Crippen molar-refractivity contribution in [1.82, 2.24) is 14.3 Å². The normalized spacial score (nSPS) is 19.0. The highest BCUT2D eigenvalue weighted by molar-refractivity contribution is 7.89. The summed E-state index contributed by atoms with van der Waals surface area (Å²) in [5.41, 5.74) is 3.17. The SMILES string of the molecule is O=C(Nc1ccc(S(=O)(=O)N2CCC(c3nc4ccccc4[nH]3)CC2)cc1)C1CC(=O)N(c2ccccc2)C1. The Morgan fingerprint density at radius 2 is 1.62 bits per heavy atom. The molecule has 1 atom stereocenters. The summed E-state index contributed by atoms with van der Waals surface area (Å²) in [4.78, 5) is 35.2. The Balaban J connectivity index is 1.06. The third-order valence-electron chi connectivity index (χ3n) is 7.57. The van der Waals surface area contributed by atoms with Crippen molar-refractivity contribution in [2.75, 3.05) is 29.9 Å². The molecule has 2 aliphatic rings. The van der Waals surface area contributed by atoms with Crippen LogP contribution in [0.2, 0.25) is 0 Å². The first-order valence-electron chi connectivity index (χ1n) is 13.1. The molecule has 3 aromatic carbocycles. The van der Waals surface area contributed by atoms with Gasteiger partial charge in [0.1, 0.15) is 5.82 Å². The highest BCUT2D eigenvalue weighted by Crippen LogP contribution is 2.31. The fourth-order valence-electron chi connectivity index (χ4n) is 5.38. The molecule has 1 aromatic heterocycles. The number of carbonyl (C=O) groups excluding carboxylic acids is 2. The molecule has 6 rings (SSSR count). The lowest BCUT2D eigenvalue weighted by molar-refractivity contribution is -0.122. The number of rotatable bonds is 6. The first-order chi connectivity index (χ1) is 18.9. The second-order valence-corrected chi connectivity index (χ2v) is 12.0. The number of aromatic amines is 1. The number of piperidine rings is 1. The van der Waals surface area contributed by atoms with E-state index in [0.29, 0.717) is 38.2 Å². The van der Waals surface area contributed by atoms with Gasteiger partial charge in [0.05, 0.1) is 21.8 Å². The summed E-state index contributed by atoms with van der Waals surface area (Å²) >= 11 is 0. The van der Waals surface area contributed by atoms with Crippen LogP contribution in [-0.2, 0) is 19.6 Å². The molecule has 2 fully saturated rings. The van der Waals surface area contributed by atoms with E-state index in [1.165, 1.54) is 16.4 Å². The van der Waals surface area contributed by atoms with Gasteiger partial charge in [-0.2, -0.15) is 4.31 Å². The van der Waals surface area contributed by atoms with Crippen LogP contribution in [0.4, 0.5) is 11.4 Å². The minimum atomic E-state index is -3.66. The molecule has 0 bridgehead atoms. The summed E-state index contributed by atoms with van der Waals surface area (Å²) in [6.45, 7) is 1.14. The zero-order chi connectivity index (χ0) is 27.0. The Kier molecular flexibility index (Phi) is 6.66. The van der Waals surface area contributed by atoms with Gasteiger partial charge in [-0.05, 0) is 61.4 Å². The number of aromatic nitrogens is 2. The highest BCUT2D eigenvalue weighted by Gasteiger charge is 2.35. The predicted octanol–water partition coefficient (Wildman–Crippen LogP) is 4.12. The zero-order valence-corrected chi connectivity index (χ0v) is 22.1. The van der Waals surface area contributed by atoms with Crippen molar-refractivity contribution in [1.29, 1.82) is 0 Å². The van der Waals surface area contributed by atoms with Gasteiger partial charge in [0.15, 0.2) is 0 Å². The molecule has 2 saturated heterocycles. The predicted molar refractivity (Wildman–Crippen MR) is 149 cm³/mol. The average molecular weight is 544 g/mol. The number of para-hydroxylation sites is 3. The third-order valence-corrected chi connectivity index (χ3v) is 9.48. The Morgan fingerprint density at radius 1 is 0.923 bits per heavy atom. The third kappa shape index (κ3) is 5.05. The van der Waals surface area contributed by atoms with Crippen molar-refractivity contribution in [3.8, 4) is 0 Å². The number of H-pyrrole nitrogens is 1. The maximum absolute atomic E-state index is 13.3. The van der Waals surface area contributed by atoms with Crippen molar-refractivity contribution >= 4 is 44.2 Å². The van der Waals surface area contributed by atoms with Gasteiger partial charge in [0, 0.05) is 43.3 Å². The Bertz CT molecular complexity index is 1580. The Labute approximate surface area is 226 Å². The smallest absolute Gasteiger partial charge is 0.243 e. The van der Waals surface area contributed by atoms with Crippen LogP contribution in [0.1, 0.15) is 31.0 Å². The maximum atomic E-state index is 13.3. The fourth-order valence-corrected chi connectivity index (χ4v) is 6.85. The van der Waals surface area contributed by atoms with Gasteiger partial charge in [-0.15, -0.1) is 0 Å². The van der Waals surface area contributed by atoms with Crippen LogP contribution < -0.4 is 10.2 Å². The Morgan fingerprint density at radius 3 is 2.33 bits per heavy atom. The van der Waals surface area contributed by atoms with E-state index in [0.717, 1.165) is 22.5 Å². The lowest BCUT2D eigenvalue weighted by atomic mass is 9.97. The van der Waals surface area contributed by atoms with E-state index in [-0.39, 0.29) is 29.0 Å². The van der Waals surface area contributed by atoms with Gasteiger partial charge >= 0.3 is 0 Å². The molecule has 9 nitrogen and oxygen atoms in total. The molecule has 3 heterocycles. The monoisotopic (exact) mass is 543 g/mol. The highest BCUT2D eigenvalue weighted by atomic mass is 32.2. The largest absolute Gasteiger partial charge is 0.342 e. The van der Waals surface area contributed by atoms with Crippen molar-refractivity contribution < 1.29 is 18.0 Å². The topological polar surface area (TPSA) is 115 Å². The number of hydrogen-bond acceptors (Lipinski definition) is 5. The van der Waals surface area contributed by atoms with E-state index in [9.17, 15) is 18.0 Å². The molecular weight excluding hydrogens is 514 g/mol. The van der Waals surface area contributed by atoms with Gasteiger partial charge < -0.3 is 15.2 Å². The number of nitrogens with one attached hydrogen (secondary N) is 2. The van der Waals surface area contributed by atoms with Gasteiger partial charge in [-0.25, -0.2) is 13.4 Å². The number of hydrogen-bond donors (Lipinski definition) is 2. The van der Waals surface area contributed by atoms with E-state index >= 15 is 0 Å². The van der Waals surface area contributed by atoms with Crippen LogP contribution in [-0.4, -0.2) is 54.1 Å². The van der Waals surface area contributed by atoms with Crippen LogP contribution in [0.15, 0.2) is 83.8 Å². The molecule has 2 N–H and O–H groups in total. The van der Waals surface area contributed by atoms with Gasteiger partial charge in [-0.3, -0.25) is 9.59 Å². The molecule has 0 radical (unpaired) electrons. The molecule has 0 spiro atoms. The zero-order valence-electron chi connectivity index (χ0n) is 21.3. The van der Waals surface area contributed by atoms with Crippen molar-refractivity contribution in [3.05, 3.63) is 84.7 Å². The summed E-state index contributed by atoms with van der Waals surface area (Å²) in [6.07, 6.45) is 1.51. The van der Waals surface area contributed by atoms with Crippen LogP contribution in [0.3, 0.4) is 0 Å². The summed E-state index contributed by atoms with van der Waals surface area (Å²) in [6, 6.07) is 23.4. The summed E-state index contributed by atoms with van der Waals surface area (Å²) in [7, 11) is -3.66. The standard InChI is InChI=1S/C29H29N5O4S/c35-27-18-21(19-34(27)23-6-2-1-3-7-23)29(36)30-22-10-12-24(13-11-22)39(37,38)33-16-14-20(15-17-33)28-31-25-8-4-5-9-26(25)32-28/h1-13,20-21H,14-19H2,(H,30,36)(H,31,32). The van der Waals surface area contributed by atoms with E-state index in [1.54, 1.807) is 17.0 Å². The maximum Gasteiger partial charge on any atom is 0.243 e. The molecule has 0 saturated carbocycles. The van der Waals surface area contributed by atoms with E-state index in [1.807, 2.05) is 54.6 Å². The van der Waals surface area contributed by atoms with Crippen molar-refractivity contribution in [3.63, 3.8) is 0 Å². The minimum Gasteiger partial charge on any atom is -0.342 e. The summed E-state index contributed by atoms with van der Waals surface area (Å²) in [5.74, 6) is 0.261. The van der Waals surface area contributed by atoms with Crippen molar-refractivity contribution in [2.24, 2.45) is 5.92 Å².